The normalized spacial score (nSPS) is 16.6. The number of benzene rings is 1. The molecule has 1 aromatic heterocycles. The molecule has 1 fully saturated rings. The molecule has 1 amide bonds. The molecule has 6 nitrogen and oxygen atoms in total. The van der Waals surface area contributed by atoms with Crippen LogP contribution in [-0.2, 0) is 4.79 Å². The molecule has 1 aromatic carbocycles. The summed E-state index contributed by atoms with van der Waals surface area (Å²) >= 11 is 5.60. The topological polar surface area (TPSA) is 65.2 Å². The molecule has 0 spiro atoms. The van der Waals surface area contributed by atoms with Crippen molar-refractivity contribution in [2.24, 2.45) is 0 Å². The highest BCUT2D eigenvalue weighted by Gasteiger charge is 2.27. The quantitative estimate of drug-likeness (QED) is 0.794. The van der Waals surface area contributed by atoms with Gasteiger partial charge in [0.05, 0.1) is 18.0 Å². The second-order valence-electron chi connectivity index (χ2n) is 5.64. The highest BCUT2D eigenvalue weighted by molar-refractivity contribution is 6.27. The first-order valence-corrected chi connectivity index (χ1v) is 8.34. The summed E-state index contributed by atoms with van der Waals surface area (Å²) in [6.07, 6.45) is 3.62. The fourth-order valence-electron chi connectivity index (χ4n) is 2.88. The highest BCUT2D eigenvalue weighted by Crippen LogP contribution is 2.22. The van der Waals surface area contributed by atoms with E-state index in [0.717, 1.165) is 11.3 Å². The van der Waals surface area contributed by atoms with Crippen LogP contribution in [0.15, 0.2) is 42.7 Å². The van der Waals surface area contributed by atoms with Crippen LogP contribution in [0.1, 0.15) is 11.6 Å². The number of hydrogen-bond acceptors (Lipinski definition) is 4. The Morgan fingerprint density at radius 1 is 1.25 bits per heavy atom. The summed E-state index contributed by atoms with van der Waals surface area (Å²) in [7, 11) is 0. The number of piperazine rings is 1. The van der Waals surface area contributed by atoms with Crippen molar-refractivity contribution in [3.8, 4) is 11.8 Å². The maximum absolute atomic E-state index is 11.6. The van der Waals surface area contributed by atoms with Gasteiger partial charge in [0, 0.05) is 37.9 Å². The summed E-state index contributed by atoms with van der Waals surface area (Å²) in [4.78, 5) is 15.5. The zero-order chi connectivity index (χ0) is 16.9. The van der Waals surface area contributed by atoms with Gasteiger partial charge >= 0.3 is 0 Å². The van der Waals surface area contributed by atoms with Crippen LogP contribution >= 0.6 is 11.6 Å². The van der Waals surface area contributed by atoms with E-state index in [-0.39, 0.29) is 17.8 Å². The fraction of sp³-hybridized carbons (Fsp3) is 0.353. The number of aromatic nitrogens is 2. The van der Waals surface area contributed by atoms with Crippen molar-refractivity contribution in [1.82, 2.24) is 19.6 Å². The Morgan fingerprint density at radius 3 is 2.58 bits per heavy atom. The Balaban J connectivity index is 1.71. The molecule has 2 aromatic rings. The maximum atomic E-state index is 11.6. The van der Waals surface area contributed by atoms with Crippen molar-refractivity contribution in [2.45, 2.75) is 6.04 Å². The van der Waals surface area contributed by atoms with Crippen molar-refractivity contribution in [2.75, 3.05) is 32.1 Å². The van der Waals surface area contributed by atoms with Crippen LogP contribution in [-0.4, -0.2) is 57.5 Å². The van der Waals surface area contributed by atoms with Crippen molar-refractivity contribution in [1.29, 1.82) is 5.26 Å². The number of rotatable bonds is 4. The molecule has 0 radical (unpaired) electrons. The fourth-order valence-corrected chi connectivity index (χ4v) is 3.05. The third-order valence-electron chi connectivity index (χ3n) is 4.21. The largest absolute Gasteiger partial charge is 0.339 e. The van der Waals surface area contributed by atoms with Gasteiger partial charge in [0.2, 0.25) is 5.91 Å². The summed E-state index contributed by atoms with van der Waals surface area (Å²) in [5, 5.41) is 14.0. The maximum Gasteiger partial charge on any atom is 0.237 e. The van der Waals surface area contributed by atoms with E-state index in [0.29, 0.717) is 26.2 Å². The summed E-state index contributed by atoms with van der Waals surface area (Å²) in [5.74, 6) is -0.0485. The number of alkyl halides is 1. The Labute approximate surface area is 145 Å². The van der Waals surface area contributed by atoms with E-state index in [1.165, 1.54) is 0 Å². The average molecular weight is 344 g/mol. The lowest BCUT2D eigenvalue weighted by Gasteiger charge is -2.36. The molecule has 3 rings (SSSR count). The minimum absolute atomic E-state index is 0.00548. The van der Waals surface area contributed by atoms with Crippen LogP contribution in [0.4, 0.5) is 0 Å². The lowest BCUT2D eigenvalue weighted by Crippen LogP contribution is -2.49. The molecular formula is C17H18ClN5O. The molecule has 0 unspecified atom stereocenters. The van der Waals surface area contributed by atoms with E-state index < -0.39 is 0 Å². The summed E-state index contributed by atoms with van der Waals surface area (Å²) in [5.41, 5.74) is 1.82. The lowest BCUT2D eigenvalue weighted by molar-refractivity contribution is -0.130. The SMILES string of the molecule is N#C[C@@H](c1cnn(-c2ccccc2)c1)N1CCN(C(=O)CCl)CC1. The van der Waals surface area contributed by atoms with Gasteiger partial charge in [-0.05, 0) is 12.1 Å². The number of para-hydroxylation sites is 1. The Bertz CT molecular complexity index is 731. The van der Waals surface area contributed by atoms with Crippen LogP contribution in [0.5, 0.6) is 0 Å². The standard InChI is InChI=1S/C17H18ClN5O/c18-10-17(24)22-8-6-21(7-9-22)16(11-19)14-12-20-23(13-14)15-4-2-1-3-5-15/h1-5,12-13,16H,6-10H2/t16-/m0/s1. The molecule has 7 heteroatoms. The molecule has 0 aliphatic carbocycles. The van der Waals surface area contributed by atoms with Gasteiger partial charge in [0.15, 0.2) is 0 Å². The van der Waals surface area contributed by atoms with Gasteiger partial charge < -0.3 is 4.90 Å². The summed E-state index contributed by atoms with van der Waals surface area (Å²) < 4.78 is 1.77. The second-order valence-corrected chi connectivity index (χ2v) is 5.90. The molecule has 1 atom stereocenters. The molecular weight excluding hydrogens is 326 g/mol. The zero-order valence-electron chi connectivity index (χ0n) is 13.2. The number of carbonyl (C=O) groups excluding carboxylic acids is 1. The zero-order valence-corrected chi connectivity index (χ0v) is 13.9. The van der Waals surface area contributed by atoms with E-state index in [1.54, 1.807) is 15.8 Å². The lowest BCUT2D eigenvalue weighted by atomic mass is 10.1. The van der Waals surface area contributed by atoms with Gasteiger partial charge in [-0.2, -0.15) is 10.4 Å². The first kappa shape index (κ1) is 16.5. The highest BCUT2D eigenvalue weighted by atomic mass is 35.5. The number of halogens is 1. The summed E-state index contributed by atoms with van der Waals surface area (Å²) in [6, 6.07) is 11.8. The molecule has 0 saturated carbocycles. The van der Waals surface area contributed by atoms with Gasteiger partial charge in [0.1, 0.15) is 11.9 Å². The minimum Gasteiger partial charge on any atom is -0.339 e. The third-order valence-corrected chi connectivity index (χ3v) is 4.44. The number of nitriles is 1. The molecule has 124 valence electrons. The number of nitrogens with zero attached hydrogens (tertiary/aromatic N) is 5. The van der Waals surface area contributed by atoms with Gasteiger partial charge in [-0.15, -0.1) is 11.6 Å². The van der Waals surface area contributed by atoms with Crippen LogP contribution < -0.4 is 0 Å². The molecule has 1 aliphatic heterocycles. The summed E-state index contributed by atoms with van der Waals surface area (Å²) in [6.45, 7) is 2.49. The first-order valence-electron chi connectivity index (χ1n) is 7.80. The van der Waals surface area contributed by atoms with Gasteiger partial charge in [-0.25, -0.2) is 4.68 Å². The molecule has 0 N–H and O–H groups in total. The molecule has 2 heterocycles. The minimum atomic E-state index is -0.365. The monoisotopic (exact) mass is 343 g/mol. The Kier molecular flexibility index (Phi) is 5.14. The number of amides is 1. The predicted molar refractivity (Wildman–Crippen MR) is 90.8 cm³/mol. The second kappa shape index (κ2) is 7.47. The number of hydrogen-bond donors (Lipinski definition) is 0. The average Bonchev–Trinajstić information content (AvgIpc) is 3.13. The van der Waals surface area contributed by atoms with Crippen LogP contribution in [0.3, 0.4) is 0 Å². The number of carbonyl (C=O) groups is 1. The van der Waals surface area contributed by atoms with Crippen LogP contribution in [0, 0.1) is 11.3 Å². The van der Waals surface area contributed by atoms with Crippen molar-refractivity contribution in [3.63, 3.8) is 0 Å². The molecule has 0 bridgehead atoms. The first-order chi connectivity index (χ1) is 11.7. The van der Waals surface area contributed by atoms with Gasteiger partial charge in [0.25, 0.3) is 0 Å². The van der Waals surface area contributed by atoms with Gasteiger partial charge in [-0.1, -0.05) is 18.2 Å². The van der Waals surface area contributed by atoms with E-state index in [2.05, 4.69) is 16.1 Å². The van der Waals surface area contributed by atoms with Crippen LogP contribution in [0.2, 0.25) is 0 Å². The predicted octanol–water partition coefficient (Wildman–Crippen LogP) is 1.82. The smallest absolute Gasteiger partial charge is 0.237 e. The van der Waals surface area contributed by atoms with E-state index in [1.807, 2.05) is 36.5 Å². The molecule has 24 heavy (non-hydrogen) atoms. The molecule has 1 saturated heterocycles. The van der Waals surface area contributed by atoms with E-state index in [4.69, 9.17) is 11.6 Å². The third kappa shape index (κ3) is 3.42. The Morgan fingerprint density at radius 2 is 1.96 bits per heavy atom. The van der Waals surface area contributed by atoms with Crippen molar-refractivity contribution >= 4 is 17.5 Å². The van der Waals surface area contributed by atoms with E-state index >= 15 is 0 Å². The van der Waals surface area contributed by atoms with Gasteiger partial charge in [-0.3, -0.25) is 9.69 Å². The van der Waals surface area contributed by atoms with E-state index in [9.17, 15) is 10.1 Å². The van der Waals surface area contributed by atoms with Crippen molar-refractivity contribution < 1.29 is 4.79 Å². The Hall–Kier alpha value is -2.36. The van der Waals surface area contributed by atoms with Crippen LogP contribution in [0.25, 0.3) is 5.69 Å². The van der Waals surface area contributed by atoms with Crippen molar-refractivity contribution in [3.05, 3.63) is 48.3 Å². The molecule has 1 aliphatic rings.